The molecule has 1 atom stereocenters. The molecule has 0 amide bonds. The van der Waals surface area contributed by atoms with Crippen LogP contribution in [-0.2, 0) is 18.8 Å². The van der Waals surface area contributed by atoms with Crippen molar-refractivity contribution in [1.29, 1.82) is 0 Å². The van der Waals surface area contributed by atoms with Crippen LogP contribution in [0.1, 0.15) is 0 Å². The highest BCUT2D eigenvalue weighted by Crippen LogP contribution is 2.46. The summed E-state index contributed by atoms with van der Waals surface area (Å²) in [6, 6.07) is 0. The molecule has 4 nitrogen and oxygen atoms in total. The molecule has 0 aliphatic rings. The third kappa shape index (κ3) is 10.6. The maximum absolute atomic E-state index is 12.1. The summed E-state index contributed by atoms with van der Waals surface area (Å²) < 4.78 is 61.3. The van der Waals surface area contributed by atoms with E-state index in [1.54, 1.807) is 0 Å². The van der Waals surface area contributed by atoms with Gasteiger partial charge in [-0.3, -0.25) is 4.74 Å². The van der Waals surface area contributed by atoms with Gasteiger partial charge in [0.1, 0.15) is 33.1 Å². The number of halogens is 3. The van der Waals surface area contributed by atoms with Gasteiger partial charge in [0.05, 0.1) is 6.61 Å². The average molecular weight is 298 g/mol. The predicted molar refractivity (Wildman–Crippen MR) is 63.8 cm³/mol. The molecule has 0 saturated heterocycles. The zero-order valence-electron chi connectivity index (χ0n) is 10.1. The number of rotatable bonds is 9. The molecule has 8 heteroatoms. The molecule has 0 aromatic heterocycles. The monoisotopic (exact) mass is 298 g/mol. The molecule has 0 N–H and O–H groups in total. The average Bonchev–Trinajstić information content (AvgIpc) is 2.32. The van der Waals surface area contributed by atoms with Crippen LogP contribution < -0.4 is 0 Å². The van der Waals surface area contributed by atoms with E-state index in [0.29, 0.717) is 0 Å². The Labute approximate surface area is 110 Å². The van der Waals surface area contributed by atoms with Crippen LogP contribution >= 0.6 is 7.14 Å². The number of alkyl halides is 3. The van der Waals surface area contributed by atoms with Gasteiger partial charge in [0.25, 0.3) is 0 Å². The van der Waals surface area contributed by atoms with Crippen LogP contribution in [0.5, 0.6) is 0 Å². The van der Waals surface area contributed by atoms with E-state index in [4.69, 9.17) is 22.3 Å². The first-order valence-electron chi connectivity index (χ1n) is 5.13. The van der Waals surface area contributed by atoms with E-state index < -0.39 is 26.2 Å². The second-order valence-electron chi connectivity index (χ2n) is 3.44. The molecule has 0 radical (unpaired) electrons. The normalized spacial score (nSPS) is 14.4. The summed E-state index contributed by atoms with van der Waals surface area (Å²) in [7, 11) is -3.34. The SMILES string of the molecule is C#CCOCCP(=O)(COCC#C)COC(F)(F)F. The summed E-state index contributed by atoms with van der Waals surface area (Å²) in [4.78, 5) is 0. The largest absolute Gasteiger partial charge is 0.522 e. The summed E-state index contributed by atoms with van der Waals surface area (Å²) in [5, 5.41) is 0. The Morgan fingerprint density at radius 1 is 1.05 bits per heavy atom. The molecule has 0 bridgehead atoms. The first-order valence-corrected chi connectivity index (χ1v) is 7.39. The lowest BCUT2D eigenvalue weighted by Crippen LogP contribution is -2.18. The highest BCUT2D eigenvalue weighted by atomic mass is 31.2. The van der Waals surface area contributed by atoms with E-state index in [1.807, 2.05) is 0 Å². The Hall–Kier alpha value is -0.980. The van der Waals surface area contributed by atoms with Gasteiger partial charge in [0.2, 0.25) is 0 Å². The van der Waals surface area contributed by atoms with Crippen LogP contribution in [0.4, 0.5) is 13.2 Å². The van der Waals surface area contributed by atoms with Gasteiger partial charge >= 0.3 is 6.36 Å². The van der Waals surface area contributed by atoms with Crippen molar-refractivity contribution in [3.05, 3.63) is 0 Å². The molecular weight excluding hydrogens is 284 g/mol. The minimum Gasteiger partial charge on any atom is -0.368 e. The van der Waals surface area contributed by atoms with Gasteiger partial charge < -0.3 is 14.0 Å². The fraction of sp³-hybridized carbons (Fsp3) is 0.636. The molecule has 19 heavy (non-hydrogen) atoms. The third-order valence-electron chi connectivity index (χ3n) is 1.80. The Bertz CT molecular complexity index is 381. The van der Waals surface area contributed by atoms with Gasteiger partial charge in [0, 0.05) is 6.16 Å². The van der Waals surface area contributed by atoms with Crippen molar-refractivity contribution < 1.29 is 31.9 Å². The number of hydrogen-bond donors (Lipinski definition) is 0. The second-order valence-corrected chi connectivity index (χ2v) is 6.52. The first-order chi connectivity index (χ1) is 8.83. The number of hydrogen-bond acceptors (Lipinski definition) is 4. The van der Waals surface area contributed by atoms with Crippen molar-refractivity contribution in [1.82, 2.24) is 0 Å². The Morgan fingerprint density at radius 2 is 1.63 bits per heavy atom. The maximum Gasteiger partial charge on any atom is 0.522 e. The summed E-state index contributed by atoms with van der Waals surface area (Å²) in [5.74, 6) is 4.31. The quantitative estimate of drug-likeness (QED) is 0.371. The smallest absolute Gasteiger partial charge is 0.368 e. The molecule has 0 rings (SSSR count). The van der Waals surface area contributed by atoms with E-state index in [-0.39, 0.29) is 26.0 Å². The molecule has 0 aliphatic carbocycles. The highest BCUT2D eigenvalue weighted by Gasteiger charge is 2.34. The van der Waals surface area contributed by atoms with Crippen molar-refractivity contribution >= 4 is 7.14 Å². The van der Waals surface area contributed by atoms with Gasteiger partial charge in [-0.15, -0.1) is 26.0 Å². The minimum absolute atomic E-state index is 0.00859. The van der Waals surface area contributed by atoms with Crippen LogP contribution in [0.15, 0.2) is 0 Å². The fourth-order valence-corrected chi connectivity index (χ4v) is 2.59. The minimum atomic E-state index is -4.85. The van der Waals surface area contributed by atoms with Gasteiger partial charge in [0.15, 0.2) is 0 Å². The van der Waals surface area contributed by atoms with E-state index in [1.165, 1.54) is 0 Å². The molecule has 0 spiro atoms. The highest BCUT2D eigenvalue weighted by molar-refractivity contribution is 7.63. The van der Waals surface area contributed by atoms with E-state index >= 15 is 0 Å². The molecule has 0 aliphatic heterocycles. The zero-order valence-corrected chi connectivity index (χ0v) is 11.0. The van der Waals surface area contributed by atoms with Crippen molar-refractivity contribution in [2.24, 2.45) is 0 Å². The fourth-order valence-electron chi connectivity index (χ4n) is 0.990. The van der Waals surface area contributed by atoms with Crippen LogP contribution in [0.25, 0.3) is 0 Å². The zero-order chi connectivity index (χ0) is 14.8. The van der Waals surface area contributed by atoms with Crippen molar-refractivity contribution in [2.75, 3.05) is 38.7 Å². The third-order valence-corrected chi connectivity index (χ3v) is 4.05. The molecule has 1 unspecified atom stereocenters. The van der Waals surface area contributed by atoms with Crippen molar-refractivity contribution in [3.63, 3.8) is 0 Å². The van der Waals surface area contributed by atoms with Gasteiger partial charge in [-0.2, -0.15) is 0 Å². The number of ether oxygens (including phenoxy) is 3. The van der Waals surface area contributed by atoms with Gasteiger partial charge in [-0.25, -0.2) is 0 Å². The lowest BCUT2D eigenvalue weighted by atomic mass is 10.7. The molecule has 0 aromatic carbocycles. The predicted octanol–water partition coefficient (Wildman–Crippen LogP) is 2.10. The summed E-state index contributed by atoms with van der Waals surface area (Å²) in [6.45, 7) is -0.186. The Kier molecular flexibility index (Phi) is 8.54. The van der Waals surface area contributed by atoms with E-state index in [9.17, 15) is 17.7 Å². The van der Waals surface area contributed by atoms with E-state index in [2.05, 4.69) is 16.6 Å². The van der Waals surface area contributed by atoms with Crippen molar-refractivity contribution in [3.8, 4) is 24.7 Å². The maximum atomic E-state index is 12.1. The second kappa shape index (κ2) is 9.01. The van der Waals surface area contributed by atoms with Crippen LogP contribution in [-0.4, -0.2) is 45.0 Å². The Balaban J connectivity index is 4.33. The summed E-state index contributed by atoms with van der Waals surface area (Å²) >= 11 is 0. The first kappa shape index (κ1) is 18.0. The van der Waals surface area contributed by atoms with E-state index in [0.717, 1.165) is 0 Å². The lowest BCUT2D eigenvalue weighted by molar-refractivity contribution is -0.316. The molecule has 108 valence electrons. The molecule has 0 fully saturated rings. The summed E-state index contributed by atoms with van der Waals surface area (Å²) in [5.41, 5.74) is 0. The van der Waals surface area contributed by atoms with Gasteiger partial charge in [-0.1, -0.05) is 11.8 Å². The number of terminal acetylenes is 2. The Morgan fingerprint density at radius 3 is 2.16 bits per heavy atom. The summed E-state index contributed by atoms with van der Waals surface area (Å²) in [6.07, 6.45) is 3.50. The lowest BCUT2D eigenvalue weighted by Gasteiger charge is -2.18. The molecule has 0 heterocycles. The molecule has 0 saturated carbocycles. The standard InChI is InChI=1S/C11H14F3O4P/c1-3-5-16-7-8-19(15,9-17-6-4-2)10-18-11(12,13)14/h1-2H,5-10H2. The van der Waals surface area contributed by atoms with Crippen LogP contribution in [0.3, 0.4) is 0 Å². The molecular formula is C11H14F3O4P. The topological polar surface area (TPSA) is 44.8 Å². The van der Waals surface area contributed by atoms with Gasteiger partial charge in [-0.05, 0) is 0 Å². The van der Waals surface area contributed by atoms with Crippen LogP contribution in [0, 0.1) is 24.7 Å². The van der Waals surface area contributed by atoms with Crippen molar-refractivity contribution in [2.45, 2.75) is 6.36 Å². The molecule has 0 aromatic rings. The van der Waals surface area contributed by atoms with Crippen LogP contribution in [0.2, 0.25) is 0 Å².